The average Bonchev–Trinajstić information content (AvgIpc) is 3.03. The number of hydrogen-bond acceptors (Lipinski definition) is 5. The molecule has 1 heterocycles. The second-order valence-corrected chi connectivity index (χ2v) is 8.19. The highest BCUT2D eigenvalue weighted by molar-refractivity contribution is 8.18. The van der Waals surface area contributed by atoms with E-state index in [1.165, 1.54) is 0 Å². The van der Waals surface area contributed by atoms with Crippen molar-refractivity contribution in [3.8, 4) is 0 Å². The number of imide groups is 1. The number of nitrogens with zero attached hydrogens (tertiary/aromatic N) is 1. The molecular formula is C24H19N3O4S. The van der Waals surface area contributed by atoms with Crippen molar-refractivity contribution in [1.29, 1.82) is 0 Å². The molecule has 0 aromatic heterocycles. The van der Waals surface area contributed by atoms with Crippen LogP contribution in [0, 0.1) is 6.92 Å². The molecule has 1 aliphatic rings. The molecule has 0 radical (unpaired) electrons. The lowest BCUT2D eigenvalue weighted by Crippen LogP contribution is -2.36. The fourth-order valence-electron chi connectivity index (χ4n) is 3.24. The summed E-state index contributed by atoms with van der Waals surface area (Å²) in [5.41, 5.74) is 2.21. The van der Waals surface area contributed by atoms with Gasteiger partial charge in [0, 0.05) is 22.8 Å². The molecule has 0 unspecified atom stereocenters. The molecule has 8 heteroatoms. The minimum Gasteiger partial charge on any atom is -0.324 e. The molecule has 0 atom stereocenters. The van der Waals surface area contributed by atoms with E-state index in [0.717, 1.165) is 27.3 Å². The Morgan fingerprint density at radius 1 is 0.938 bits per heavy atom. The van der Waals surface area contributed by atoms with Crippen LogP contribution in [0.25, 0.3) is 10.8 Å². The van der Waals surface area contributed by atoms with Crippen molar-refractivity contribution in [1.82, 2.24) is 4.90 Å². The zero-order valence-electron chi connectivity index (χ0n) is 17.1. The molecule has 2 N–H and O–H groups in total. The molecular weight excluding hydrogens is 426 g/mol. The van der Waals surface area contributed by atoms with Crippen LogP contribution in [-0.2, 0) is 14.4 Å². The van der Waals surface area contributed by atoms with Gasteiger partial charge < -0.3 is 10.6 Å². The quantitative estimate of drug-likeness (QED) is 0.571. The third kappa shape index (κ3) is 4.70. The largest absolute Gasteiger partial charge is 0.324 e. The van der Waals surface area contributed by atoms with Crippen molar-refractivity contribution in [2.24, 2.45) is 0 Å². The molecule has 3 aromatic rings. The first-order valence-electron chi connectivity index (χ1n) is 9.81. The summed E-state index contributed by atoms with van der Waals surface area (Å²) in [6, 6.07) is 20.2. The lowest BCUT2D eigenvalue weighted by atomic mass is 10.1. The number of anilines is 2. The summed E-state index contributed by atoms with van der Waals surface area (Å²) in [7, 11) is 0. The normalized spacial score (nSPS) is 14.8. The molecule has 0 bridgehead atoms. The van der Waals surface area contributed by atoms with Crippen LogP contribution >= 0.6 is 11.8 Å². The third-order valence-corrected chi connectivity index (χ3v) is 5.73. The van der Waals surface area contributed by atoms with Crippen molar-refractivity contribution in [2.75, 3.05) is 17.2 Å². The molecule has 4 amide bonds. The number of benzene rings is 3. The van der Waals surface area contributed by atoms with E-state index >= 15 is 0 Å². The number of hydrogen-bond donors (Lipinski definition) is 2. The van der Waals surface area contributed by atoms with Gasteiger partial charge in [0.2, 0.25) is 11.8 Å². The Bertz CT molecular complexity index is 1260. The van der Waals surface area contributed by atoms with Crippen LogP contribution in [0.15, 0.2) is 77.7 Å². The first-order valence-corrected chi connectivity index (χ1v) is 10.6. The maximum absolute atomic E-state index is 12.6. The Hall–Kier alpha value is -3.91. The molecule has 7 nitrogen and oxygen atoms in total. The fourth-order valence-corrected chi connectivity index (χ4v) is 4.05. The molecule has 4 rings (SSSR count). The van der Waals surface area contributed by atoms with Gasteiger partial charge in [0.15, 0.2) is 0 Å². The summed E-state index contributed by atoms with van der Waals surface area (Å²) in [6.07, 6.45) is 1.08. The zero-order valence-corrected chi connectivity index (χ0v) is 17.9. The van der Waals surface area contributed by atoms with Crippen LogP contribution in [0.2, 0.25) is 0 Å². The first-order chi connectivity index (χ1) is 15.4. The number of carbonyl (C=O) groups is 4. The third-order valence-electron chi connectivity index (χ3n) is 4.82. The number of thioether (sulfide) groups is 1. The van der Waals surface area contributed by atoms with Crippen LogP contribution in [0.1, 0.15) is 5.56 Å². The molecule has 32 heavy (non-hydrogen) atoms. The van der Waals surface area contributed by atoms with E-state index in [1.54, 1.807) is 18.2 Å². The van der Waals surface area contributed by atoms with Crippen LogP contribution in [0.4, 0.5) is 16.2 Å². The van der Waals surface area contributed by atoms with Crippen LogP contribution in [0.3, 0.4) is 0 Å². The maximum atomic E-state index is 12.6. The number of carbonyl (C=O) groups excluding carboxylic acids is 4. The molecule has 1 fully saturated rings. The zero-order chi connectivity index (χ0) is 22.7. The fraction of sp³-hybridized carbons (Fsp3) is 0.0833. The molecule has 1 aliphatic heterocycles. The van der Waals surface area contributed by atoms with E-state index in [-0.39, 0.29) is 4.91 Å². The van der Waals surface area contributed by atoms with Crippen molar-refractivity contribution in [2.45, 2.75) is 6.92 Å². The second-order valence-electron chi connectivity index (χ2n) is 7.20. The predicted octanol–water partition coefficient (Wildman–Crippen LogP) is 4.30. The minimum absolute atomic E-state index is 0.0300. The average molecular weight is 446 g/mol. The highest BCUT2D eigenvalue weighted by atomic mass is 32.2. The molecule has 0 aliphatic carbocycles. The summed E-state index contributed by atoms with van der Waals surface area (Å²) in [4.78, 5) is 50.5. The second kappa shape index (κ2) is 9.07. The number of aryl methyl sites for hydroxylation is 1. The first kappa shape index (κ1) is 21.3. The molecule has 0 saturated carbocycles. The number of rotatable bonds is 5. The Morgan fingerprint density at radius 3 is 2.44 bits per heavy atom. The standard InChI is InChI=1S/C24H19N3O4S/c1-15-9-11-17(12-10-15)25-21(28)13-20-23(30)27(24(31)32-20)14-22(29)26-19-8-4-6-16-5-2-3-7-18(16)19/h2-13H,14H2,1H3,(H,25,28)(H,26,29)/b20-13+. The van der Waals surface area contributed by atoms with Crippen molar-refractivity contribution in [3.05, 3.63) is 83.3 Å². The van der Waals surface area contributed by atoms with Gasteiger partial charge in [-0.05, 0) is 42.3 Å². The highest BCUT2D eigenvalue weighted by Gasteiger charge is 2.36. The van der Waals surface area contributed by atoms with E-state index in [9.17, 15) is 19.2 Å². The summed E-state index contributed by atoms with van der Waals surface area (Å²) in [6.45, 7) is 1.49. The summed E-state index contributed by atoms with van der Waals surface area (Å²) in [5, 5.41) is 6.61. The Balaban J connectivity index is 1.42. The Labute approximate surface area is 188 Å². The van der Waals surface area contributed by atoms with Gasteiger partial charge in [0.25, 0.3) is 11.1 Å². The predicted molar refractivity (Wildman–Crippen MR) is 125 cm³/mol. The van der Waals surface area contributed by atoms with Gasteiger partial charge in [-0.1, -0.05) is 54.1 Å². The van der Waals surface area contributed by atoms with E-state index in [2.05, 4.69) is 10.6 Å². The lowest BCUT2D eigenvalue weighted by molar-refractivity contribution is -0.127. The monoisotopic (exact) mass is 445 g/mol. The van der Waals surface area contributed by atoms with Gasteiger partial charge in [-0.25, -0.2) is 0 Å². The molecule has 0 spiro atoms. The van der Waals surface area contributed by atoms with Gasteiger partial charge >= 0.3 is 0 Å². The van der Waals surface area contributed by atoms with Crippen molar-refractivity contribution < 1.29 is 19.2 Å². The SMILES string of the molecule is Cc1ccc(NC(=O)/C=C2/SC(=O)N(CC(=O)Nc3cccc4ccccc34)C2=O)cc1. The van der Waals surface area contributed by atoms with E-state index in [4.69, 9.17) is 0 Å². The van der Waals surface area contributed by atoms with Gasteiger partial charge in [0.05, 0.1) is 4.91 Å². The van der Waals surface area contributed by atoms with Crippen molar-refractivity contribution in [3.63, 3.8) is 0 Å². The number of fused-ring (bicyclic) bond motifs is 1. The number of nitrogens with one attached hydrogen (secondary N) is 2. The number of amides is 4. The molecule has 1 saturated heterocycles. The maximum Gasteiger partial charge on any atom is 0.294 e. The highest BCUT2D eigenvalue weighted by Crippen LogP contribution is 2.30. The van der Waals surface area contributed by atoms with E-state index < -0.39 is 29.5 Å². The molecule has 160 valence electrons. The van der Waals surface area contributed by atoms with Crippen molar-refractivity contribution >= 4 is 56.9 Å². The topological polar surface area (TPSA) is 95.6 Å². The summed E-state index contributed by atoms with van der Waals surface area (Å²) in [5.74, 6) is -1.71. The summed E-state index contributed by atoms with van der Waals surface area (Å²) < 4.78 is 0. The van der Waals surface area contributed by atoms with Gasteiger partial charge in [-0.3, -0.25) is 24.1 Å². The van der Waals surface area contributed by atoms with Crippen LogP contribution < -0.4 is 10.6 Å². The Morgan fingerprint density at radius 2 is 1.66 bits per heavy atom. The van der Waals surface area contributed by atoms with E-state index in [1.807, 2.05) is 55.5 Å². The minimum atomic E-state index is -0.674. The summed E-state index contributed by atoms with van der Waals surface area (Å²) >= 11 is 0.632. The lowest BCUT2D eigenvalue weighted by Gasteiger charge is -2.13. The van der Waals surface area contributed by atoms with E-state index in [0.29, 0.717) is 23.1 Å². The Kier molecular flexibility index (Phi) is 6.04. The molecule has 3 aromatic carbocycles. The van der Waals surface area contributed by atoms with Crippen LogP contribution in [-0.4, -0.2) is 34.4 Å². The smallest absolute Gasteiger partial charge is 0.294 e. The van der Waals surface area contributed by atoms with Gasteiger partial charge in [0.1, 0.15) is 6.54 Å². The van der Waals surface area contributed by atoms with Gasteiger partial charge in [-0.2, -0.15) is 0 Å². The van der Waals surface area contributed by atoms with Crippen LogP contribution in [0.5, 0.6) is 0 Å². The van der Waals surface area contributed by atoms with Gasteiger partial charge in [-0.15, -0.1) is 0 Å².